The van der Waals surface area contributed by atoms with Crippen molar-refractivity contribution in [1.29, 1.82) is 0 Å². The summed E-state index contributed by atoms with van der Waals surface area (Å²) >= 11 is 0. The number of fused-ring (bicyclic) bond motifs is 3. The smallest absolute Gasteiger partial charge is 0.126 e. The molecule has 1 atom stereocenters. The maximum atomic E-state index is 6.70. The van der Waals surface area contributed by atoms with Crippen molar-refractivity contribution in [2.45, 2.75) is 96.9 Å². The van der Waals surface area contributed by atoms with Crippen LogP contribution in [0.1, 0.15) is 113 Å². The lowest BCUT2D eigenvalue weighted by atomic mass is 9.79. The molecule has 4 aromatic carbocycles. The first-order chi connectivity index (χ1) is 20.6. The molecule has 228 valence electrons. The normalized spacial score (nSPS) is 14.2. The second kappa shape index (κ2) is 11.9. The standard InChI is InChI=1S/C42H50OSi/c1-12-22-43-38-35(23-27(2)24-36(38)42(9,10)11)39(44-30-16-14-13-15-17-30)37-33-25-28(40(3,4)5)18-20-31(33)32-21-19-29(26-34(32)37)41(6,7)8/h12-21,23-26,37,39H,1,22H2,2-11H3. The summed E-state index contributed by atoms with van der Waals surface area (Å²) in [6.45, 7) is 27.6. The Morgan fingerprint density at radius 1 is 0.727 bits per heavy atom. The van der Waals surface area contributed by atoms with E-state index in [1.807, 2.05) is 6.08 Å². The zero-order chi connectivity index (χ0) is 32.0. The number of ether oxygens (including phenoxy) is 1. The van der Waals surface area contributed by atoms with Gasteiger partial charge in [0.2, 0.25) is 0 Å². The van der Waals surface area contributed by atoms with Crippen LogP contribution in [0.3, 0.4) is 0 Å². The van der Waals surface area contributed by atoms with Crippen molar-refractivity contribution in [2.24, 2.45) is 0 Å². The van der Waals surface area contributed by atoms with Crippen LogP contribution in [0.15, 0.2) is 91.5 Å². The van der Waals surface area contributed by atoms with Crippen LogP contribution in [0.25, 0.3) is 11.1 Å². The molecule has 0 bridgehead atoms. The summed E-state index contributed by atoms with van der Waals surface area (Å²) in [7, 11) is 0.570. The van der Waals surface area contributed by atoms with E-state index in [9.17, 15) is 0 Å². The number of aryl methyl sites for hydroxylation is 1. The van der Waals surface area contributed by atoms with E-state index in [1.165, 1.54) is 55.3 Å². The summed E-state index contributed by atoms with van der Waals surface area (Å²) in [5.74, 6) is 1.23. The van der Waals surface area contributed by atoms with E-state index in [4.69, 9.17) is 4.74 Å². The molecule has 2 heteroatoms. The number of hydrogen-bond acceptors (Lipinski definition) is 1. The largest absolute Gasteiger partial charge is 0.489 e. The zero-order valence-corrected chi connectivity index (χ0v) is 29.6. The molecule has 0 fully saturated rings. The molecule has 0 heterocycles. The minimum atomic E-state index is -0.0675. The van der Waals surface area contributed by atoms with Gasteiger partial charge < -0.3 is 4.74 Å². The molecule has 2 radical (unpaired) electrons. The Hall–Kier alpha value is -3.36. The van der Waals surface area contributed by atoms with Crippen LogP contribution < -0.4 is 9.92 Å². The zero-order valence-electron chi connectivity index (χ0n) is 28.6. The molecule has 0 N–H and O–H groups in total. The van der Waals surface area contributed by atoms with E-state index in [-0.39, 0.29) is 27.7 Å². The van der Waals surface area contributed by atoms with Gasteiger partial charge in [0.1, 0.15) is 12.4 Å². The van der Waals surface area contributed by atoms with Gasteiger partial charge in [-0.15, -0.1) is 0 Å². The molecule has 0 spiro atoms. The number of benzene rings is 4. The first kappa shape index (κ1) is 32.0. The van der Waals surface area contributed by atoms with Gasteiger partial charge in [0.15, 0.2) is 0 Å². The molecule has 0 saturated heterocycles. The van der Waals surface area contributed by atoms with E-state index in [0.717, 1.165) is 5.75 Å². The van der Waals surface area contributed by atoms with E-state index in [0.29, 0.717) is 16.1 Å². The number of rotatable bonds is 7. The molecule has 0 amide bonds. The molecule has 5 rings (SSSR count). The maximum Gasteiger partial charge on any atom is 0.126 e. The van der Waals surface area contributed by atoms with Gasteiger partial charge in [0.25, 0.3) is 0 Å². The molecular formula is C42H50OSi. The fraction of sp³-hybridized carbons (Fsp3) is 0.381. The average molecular weight is 599 g/mol. The highest BCUT2D eigenvalue weighted by molar-refractivity contribution is 6.55. The monoisotopic (exact) mass is 598 g/mol. The molecule has 4 aromatic rings. The van der Waals surface area contributed by atoms with Crippen LogP contribution in [0.2, 0.25) is 0 Å². The van der Waals surface area contributed by atoms with Gasteiger partial charge in [-0.05, 0) is 67.7 Å². The average Bonchev–Trinajstić information content (AvgIpc) is 3.27. The fourth-order valence-electron chi connectivity index (χ4n) is 6.54. The highest BCUT2D eigenvalue weighted by Gasteiger charge is 2.39. The lowest BCUT2D eigenvalue weighted by Crippen LogP contribution is -2.28. The molecule has 0 aromatic heterocycles. The molecule has 1 aliphatic rings. The summed E-state index contributed by atoms with van der Waals surface area (Å²) in [4.78, 5) is 0. The Labute approximate surface area is 269 Å². The predicted molar refractivity (Wildman–Crippen MR) is 191 cm³/mol. The Bertz CT molecular complexity index is 1590. The minimum absolute atomic E-state index is 0.0586. The fourth-order valence-corrected chi connectivity index (χ4v) is 8.18. The number of hydrogen-bond donors (Lipinski definition) is 0. The molecular weight excluding hydrogens is 549 g/mol. The Kier molecular flexibility index (Phi) is 8.64. The van der Waals surface area contributed by atoms with Crippen molar-refractivity contribution in [3.63, 3.8) is 0 Å². The van der Waals surface area contributed by atoms with Crippen molar-refractivity contribution in [3.05, 3.63) is 130 Å². The van der Waals surface area contributed by atoms with Crippen LogP contribution in [-0.4, -0.2) is 16.1 Å². The second-order valence-electron chi connectivity index (χ2n) is 15.7. The van der Waals surface area contributed by atoms with Crippen molar-refractivity contribution < 1.29 is 4.74 Å². The topological polar surface area (TPSA) is 9.23 Å². The summed E-state index contributed by atoms with van der Waals surface area (Å²) in [6.07, 6.45) is 1.87. The lowest BCUT2D eigenvalue weighted by molar-refractivity contribution is 0.345. The van der Waals surface area contributed by atoms with Crippen LogP contribution >= 0.6 is 0 Å². The van der Waals surface area contributed by atoms with Gasteiger partial charge in [0.05, 0.1) is 9.52 Å². The molecule has 1 nitrogen and oxygen atoms in total. The first-order valence-corrected chi connectivity index (χ1v) is 17.2. The summed E-state index contributed by atoms with van der Waals surface area (Å²) in [6, 6.07) is 30.3. The van der Waals surface area contributed by atoms with Gasteiger partial charge in [-0.2, -0.15) is 0 Å². The van der Waals surface area contributed by atoms with Crippen molar-refractivity contribution in [1.82, 2.24) is 0 Å². The Morgan fingerprint density at radius 2 is 1.27 bits per heavy atom. The summed E-state index contributed by atoms with van der Waals surface area (Å²) < 4.78 is 6.70. The lowest BCUT2D eigenvalue weighted by Gasteiger charge is -2.32. The minimum Gasteiger partial charge on any atom is -0.489 e. The highest BCUT2D eigenvalue weighted by Crippen LogP contribution is 2.54. The second-order valence-corrected chi connectivity index (χ2v) is 17.1. The van der Waals surface area contributed by atoms with Crippen molar-refractivity contribution >= 4 is 14.7 Å². The quantitative estimate of drug-likeness (QED) is 0.152. The molecule has 0 aliphatic heterocycles. The SMILES string of the molecule is C=CCOc1c(C([Si]c2ccccc2)C2c3cc(C(C)(C)C)ccc3-c3ccc(C(C)(C)C)cc32)cc(C)cc1C(C)(C)C. The molecule has 1 unspecified atom stereocenters. The van der Waals surface area contributed by atoms with Gasteiger partial charge in [-0.1, -0.05) is 165 Å². The molecule has 1 aliphatic carbocycles. The van der Waals surface area contributed by atoms with Crippen molar-refractivity contribution in [3.8, 4) is 16.9 Å². The van der Waals surface area contributed by atoms with Crippen LogP contribution in [0, 0.1) is 6.92 Å². The maximum absolute atomic E-state index is 6.70. The highest BCUT2D eigenvalue weighted by atomic mass is 28.2. The van der Waals surface area contributed by atoms with Gasteiger partial charge in [-0.25, -0.2) is 0 Å². The van der Waals surface area contributed by atoms with Gasteiger partial charge in [0, 0.05) is 11.5 Å². The first-order valence-electron chi connectivity index (χ1n) is 16.1. The third-order valence-corrected chi connectivity index (χ3v) is 10.6. The van der Waals surface area contributed by atoms with Gasteiger partial charge >= 0.3 is 0 Å². The van der Waals surface area contributed by atoms with E-state index in [2.05, 4.69) is 155 Å². The van der Waals surface area contributed by atoms with Crippen molar-refractivity contribution in [2.75, 3.05) is 6.61 Å². The Morgan fingerprint density at radius 3 is 1.75 bits per heavy atom. The van der Waals surface area contributed by atoms with E-state index in [1.54, 1.807) is 0 Å². The third-order valence-electron chi connectivity index (χ3n) is 8.98. The Balaban J connectivity index is 1.86. The third kappa shape index (κ3) is 6.38. The summed E-state index contributed by atoms with van der Waals surface area (Å²) in [5.41, 5.74) is 12.5. The van der Waals surface area contributed by atoms with E-state index >= 15 is 0 Å². The van der Waals surface area contributed by atoms with E-state index < -0.39 is 0 Å². The summed E-state index contributed by atoms with van der Waals surface area (Å²) in [5, 5.41) is 1.37. The van der Waals surface area contributed by atoms with Gasteiger partial charge in [-0.3, -0.25) is 0 Å². The van der Waals surface area contributed by atoms with Crippen LogP contribution in [0.5, 0.6) is 5.75 Å². The molecule has 0 saturated carbocycles. The predicted octanol–water partition coefficient (Wildman–Crippen LogP) is 10.3. The molecule has 44 heavy (non-hydrogen) atoms. The van der Waals surface area contributed by atoms with Crippen LogP contribution in [0.4, 0.5) is 0 Å². The van der Waals surface area contributed by atoms with Crippen LogP contribution in [-0.2, 0) is 16.2 Å².